The molecule has 2 aromatic heterocycles. The third-order valence-electron chi connectivity index (χ3n) is 8.38. The average Bonchev–Trinajstić information content (AvgIpc) is 3.48. The van der Waals surface area contributed by atoms with Gasteiger partial charge in [-0.1, -0.05) is 26.8 Å². The van der Waals surface area contributed by atoms with Crippen molar-refractivity contribution >= 4 is 34.6 Å². The number of pyridine rings is 1. The van der Waals surface area contributed by atoms with Gasteiger partial charge in [0.05, 0.1) is 43.8 Å². The van der Waals surface area contributed by atoms with Crippen LogP contribution in [0.5, 0.6) is 5.75 Å². The van der Waals surface area contributed by atoms with Crippen molar-refractivity contribution in [3.8, 4) is 5.75 Å². The molecule has 230 valence electrons. The van der Waals surface area contributed by atoms with E-state index in [1.807, 2.05) is 63.4 Å². The molecule has 2 aliphatic heterocycles. The van der Waals surface area contributed by atoms with Gasteiger partial charge in [-0.25, -0.2) is 0 Å². The van der Waals surface area contributed by atoms with Gasteiger partial charge in [0.1, 0.15) is 5.75 Å². The molecule has 2 saturated heterocycles. The average molecular weight is 605 g/mol. The molecule has 0 saturated carbocycles. The molecule has 2 fully saturated rings. The largest absolute Gasteiger partial charge is 0.494 e. The SMILES string of the molecule is COc1cc(N2C(=S)NC(c3ccccn3)C2c2cc(C)n(CCCN3CCOCC3)c2C)ccc1NC(=O)C(C)(C)C. The van der Waals surface area contributed by atoms with Gasteiger partial charge in [-0.3, -0.25) is 14.7 Å². The Kier molecular flexibility index (Phi) is 9.39. The zero-order chi connectivity index (χ0) is 30.7. The number of hydrogen-bond acceptors (Lipinski definition) is 6. The third kappa shape index (κ3) is 6.71. The number of methoxy groups -OCH3 is 1. The fourth-order valence-corrected chi connectivity index (χ4v) is 6.29. The number of morpholine rings is 1. The van der Waals surface area contributed by atoms with Crippen LogP contribution in [0, 0.1) is 19.3 Å². The van der Waals surface area contributed by atoms with Gasteiger partial charge in [-0.15, -0.1) is 0 Å². The summed E-state index contributed by atoms with van der Waals surface area (Å²) >= 11 is 5.99. The number of anilines is 2. The molecule has 43 heavy (non-hydrogen) atoms. The number of thiocarbonyl (C=S) groups is 1. The van der Waals surface area contributed by atoms with Gasteiger partial charge in [0.2, 0.25) is 5.91 Å². The van der Waals surface area contributed by atoms with Crippen LogP contribution in [-0.4, -0.2) is 65.4 Å². The number of hydrogen-bond donors (Lipinski definition) is 2. The van der Waals surface area contributed by atoms with Crippen LogP contribution in [0.25, 0.3) is 0 Å². The second-order valence-electron chi connectivity index (χ2n) is 12.4. The summed E-state index contributed by atoms with van der Waals surface area (Å²) in [5.74, 6) is 0.498. The van der Waals surface area contributed by atoms with Crippen LogP contribution in [0.1, 0.15) is 61.9 Å². The lowest BCUT2D eigenvalue weighted by molar-refractivity contribution is -0.123. The number of rotatable bonds is 9. The zero-order valence-corrected chi connectivity index (χ0v) is 27.0. The first-order valence-electron chi connectivity index (χ1n) is 15.1. The minimum Gasteiger partial charge on any atom is -0.494 e. The third-order valence-corrected chi connectivity index (χ3v) is 8.70. The quantitative estimate of drug-likeness (QED) is 0.315. The van der Waals surface area contributed by atoms with Crippen LogP contribution < -0.4 is 20.3 Å². The maximum absolute atomic E-state index is 12.7. The van der Waals surface area contributed by atoms with Crippen LogP contribution in [0.4, 0.5) is 11.4 Å². The molecule has 1 amide bonds. The second-order valence-corrected chi connectivity index (χ2v) is 12.8. The van der Waals surface area contributed by atoms with Crippen LogP contribution in [0.2, 0.25) is 0 Å². The molecule has 0 radical (unpaired) electrons. The first-order valence-corrected chi connectivity index (χ1v) is 15.5. The van der Waals surface area contributed by atoms with E-state index in [1.54, 1.807) is 7.11 Å². The summed E-state index contributed by atoms with van der Waals surface area (Å²) < 4.78 is 13.7. The predicted molar refractivity (Wildman–Crippen MR) is 175 cm³/mol. The molecule has 9 nitrogen and oxygen atoms in total. The van der Waals surface area contributed by atoms with E-state index in [9.17, 15) is 4.79 Å². The van der Waals surface area contributed by atoms with Gasteiger partial charge in [-0.05, 0) is 68.4 Å². The zero-order valence-electron chi connectivity index (χ0n) is 26.1. The van der Waals surface area contributed by atoms with E-state index in [0.717, 1.165) is 57.2 Å². The molecule has 1 aromatic carbocycles. The fourth-order valence-electron chi connectivity index (χ4n) is 5.94. The molecule has 0 aliphatic carbocycles. The van der Waals surface area contributed by atoms with Crippen molar-refractivity contribution in [3.05, 3.63) is 71.3 Å². The minimum atomic E-state index is -0.532. The van der Waals surface area contributed by atoms with Crippen molar-refractivity contribution in [2.24, 2.45) is 5.41 Å². The number of nitrogens with zero attached hydrogens (tertiary/aromatic N) is 4. The second kappa shape index (κ2) is 13.0. The summed E-state index contributed by atoms with van der Waals surface area (Å²) in [5, 5.41) is 7.20. The Labute approximate surface area is 260 Å². The van der Waals surface area contributed by atoms with Crippen LogP contribution in [-0.2, 0) is 16.1 Å². The van der Waals surface area contributed by atoms with Crippen LogP contribution in [0.3, 0.4) is 0 Å². The number of aryl methyl sites for hydroxylation is 1. The highest BCUT2D eigenvalue weighted by molar-refractivity contribution is 7.80. The van der Waals surface area contributed by atoms with Gasteiger partial charge in [0.25, 0.3) is 0 Å². The van der Waals surface area contributed by atoms with Gasteiger partial charge in [0.15, 0.2) is 5.11 Å². The minimum absolute atomic E-state index is 0.0777. The van der Waals surface area contributed by atoms with Crippen LogP contribution in [0.15, 0.2) is 48.7 Å². The lowest BCUT2D eigenvalue weighted by atomic mass is 9.95. The molecule has 10 heteroatoms. The molecule has 2 aliphatic rings. The van der Waals surface area contributed by atoms with Crippen molar-refractivity contribution in [2.45, 2.75) is 59.7 Å². The highest BCUT2D eigenvalue weighted by Crippen LogP contribution is 2.45. The van der Waals surface area contributed by atoms with E-state index < -0.39 is 5.41 Å². The number of ether oxygens (including phenoxy) is 2. The van der Waals surface area contributed by atoms with Gasteiger partial charge in [0, 0.05) is 60.9 Å². The molecule has 2 atom stereocenters. The topological polar surface area (TPSA) is 83.9 Å². The molecule has 3 aromatic rings. The Bertz CT molecular complexity index is 1440. The van der Waals surface area contributed by atoms with E-state index in [0.29, 0.717) is 16.5 Å². The van der Waals surface area contributed by atoms with E-state index >= 15 is 0 Å². The van der Waals surface area contributed by atoms with E-state index in [4.69, 9.17) is 26.7 Å². The molecule has 2 N–H and O–H groups in total. The lowest BCUT2D eigenvalue weighted by Gasteiger charge is -2.29. The van der Waals surface area contributed by atoms with E-state index in [1.165, 1.54) is 17.0 Å². The van der Waals surface area contributed by atoms with Gasteiger partial charge >= 0.3 is 0 Å². The standard InChI is InChI=1S/C33H44N6O3S/c1-22-20-25(23(2)38(22)15-9-14-37-16-18-42-19-17-37)30-29(27-10-7-8-13-34-27)36-32(43)39(30)24-11-12-26(28(21-24)41-6)35-31(40)33(3,4)5/h7-8,10-13,20-21,29-30H,9,14-19H2,1-6H3,(H,35,40)(H,36,43). The first kappa shape index (κ1) is 31.0. The van der Waals surface area contributed by atoms with E-state index in [-0.39, 0.29) is 18.0 Å². The number of carbonyl (C=O) groups is 1. The lowest BCUT2D eigenvalue weighted by Crippen LogP contribution is -2.37. The molecular formula is C33H44N6O3S. The Morgan fingerprint density at radius 2 is 1.91 bits per heavy atom. The summed E-state index contributed by atoms with van der Waals surface area (Å²) in [7, 11) is 1.62. The van der Waals surface area contributed by atoms with Gasteiger partial charge < -0.3 is 29.6 Å². The predicted octanol–water partition coefficient (Wildman–Crippen LogP) is 5.39. The maximum Gasteiger partial charge on any atom is 0.229 e. The number of amides is 1. The summed E-state index contributed by atoms with van der Waals surface area (Å²) in [6.07, 6.45) is 2.90. The number of nitrogens with one attached hydrogen (secondary N) is 2. The Morgan fingerprint density at radius 1 is 1.14 bits per heavy atom. The molecule has 0 bridgehead atoms. The highest BCUT2D eigenvalue weighted by Gasteiger charge is 2.42. The molecule has 0 spiro atoms. The Balaban J connectivity index is 1.49. The van der Waals surface area contributed by atoms with Crippen molar-refractivity contribution in [1.29, 1.82) is 0 Å². The highest BCUT2D eigenvalue weighted by atomic mass is 32.1. The first-order chi connectivity index (χ1) is 20.6. The Hall–Kier alpha value is -3.47. The van der Waals surface area contributed by atoms with E-state index in [2.05, 4.69) is 44.9 Å². The van der Waals surface area contributed by atoms with Crippen molar-refractivity contribution < 1.29 is 14.3 Å². The number of benzene rings is 1. The maximum atomic E-state index is 12.7. The fraction of sp³-hybridized carbons (Fsp3) is 0.485. The van der Waals surface area contributed by atoms with Crippen LogP contribution >= 0.6 is 12.2 Å². The summed E-state index contributed by atoms with van der Waals surface area (Å²) in [6.45, 7) is 15.7. The Morgan fingerprint density at radius 3 is 2.58 bits per heavy atom. The number of aromatic nitrogens is 2. The van der Waals surface area contributed by atoms with Crippen molar-refractivity contribution in [3.63, 3.8) is 0 Å². The molecule has 5 rings (SSSR count). The number of carbonyl (C=O) groups excluding carboxylic acids is 1. The molecular weight excluding hydrogens is 560 g/mol. The van der Waals surface area contributed by atoms with Gasteiger partial charge in [-0.2, -0.15) is 0 Å². The normalized spacial score (nSPS) is 19.4. The molecule has 2 unspecified atom stereocenters. The smallest absolute Gasteiger partial charge is 0.229 e. The molecule has 4 heterocycles. The monoisotopic (exact) mass is 604 g/mol. The summed E-state index contributed by atoms with van der Waals surface area (Å²) in [4.78, 5) is 22.1. The summed E-state index contributed by atoms with van der Waals surface area (Å²) in [5.41, 5.74) is 5.55. The summed E-state index contributed by atoms with van der Waals surface area (Å²) in [6, 6.07) is 13.8. The van der Waals surface area contributed by atoms with Crippen molar-refractivity contribution in [1.82, 2.24) is 19.8 Å². The van der Waals surface area contributed by atoms with Crippen molar-refractivity contribution in [2.75, 3.05) is 50.2 Å².